The molecule has 0 amide bonds. The van der Waals surface area contributed by atoms with Crippen LogP contribution in [-0.4, -0.2) is 12.0 Å². The molecule has 0 aliphatic rings. The molecule has 0 fully saturated rings. The average molecular weight is 286 g/mol. The van der Waals surface area contributed by atoms with Gasteiger partial charge in [0.15, 0.2) is 0 Å². The van der Waals surface area contributed by atoms with Gasteiger partial charge in [0.1, 0.15) is 5.75 Å². The molecule has 0 saturated carbocycles. The van der Waals surface area contributed by atoms with Crippen LogP contribution in [0.2, 0.25) is 0 Å². The molecular formula is C16H18N2O3. The second-order valence-corrected chi connectivity index (χ2v) is 4.88. The van der Waals surface area contributed by atoms with E-state index >= 15 is 0 Å². The van der Waals surface area contributed by atoms with Gasteiger partial charge in [0.2, 0.25) is 0 Å². The molecule has 2 aromatic carbocycles. The molecular weight excluding hydrogens is 268 g/mol. The van der Waals surface area contributed by atoms with Crippen LogP contribution >= 0.6 is 0 Å². The van der Waals surface area contributed by atoms with Gasteiger partial charge in [-0.05, 0) is 31.5 Å². The van der Waals surface area contributed by atoms with Gasteiger partial charge < -0.3 is 10.1 Å². The molecule has 0 aromatic heterocycles. The number of nitro groups is 1. The molecule has 0 unspecified atom stereocenters. The molecule has 0 saturated heterocycles. The largest absolute Gasteiger partial charge is 0.496 e. The molecule has 2 rings (SSSR count). The topological polar surface area (TPSA) is 64.4 Å². The Labute approximate surface area is 123 Å². The lowest BCUT2D eigenvalue weighted by molar-refractivity contribution is -0.385. The number of nitro benzene ring substituents is 1. The number of ether oxygens (including phenoxy) is 1. The second-order valence-electron chi connectivity index (χ2n) is 4.88. The van der Waals surface area contributed by atoms with Crippen molar-refractivity contribution in [3.8, 4) is 5.75 Å². The molecule has 0 spiro atoms. The van der Waals surface area contributed by atoms with Crippen molar-refractivity contribution in [1.82, 2.24) is 0 Å². The first-order valence-electron chi connectivity index (χ1n) is 6.64. The zero-order chi connectivity index (χ0) is 15.4. The molecule has 110 valence electrons. The summed E-state index contributed by atoms with van der Waals surface area (Å²) >= 11 is 0. The summed E-state index contributed by atoms with van der Waals surface area (Å²) in [5.41, 5.74) is 3.57. The Hall–Kier alpha value is -2.56. The van der Waals surface area contributed by atoms with E-state index in [4.69, 9.17) is 4.74 Å². The highest BCUT2D eigenvalue weighted by Gasteiger charge is 2.13. The van der Waals surface area contributed by atoms with Crippen molar-refractivity contribution >= 4 is 11.4 Å². The lowest BCUT2D eigenvalue weighted by Crippen LogP contribution is -2.04. The number of benzene rings is 2. The van der Waals surface area contributed by atoms with Gasteiger partial charge in [0, 0.05) is 29.4 Å². The number of para-hydroxylation sites is 1. The molecule has 5 heteroatoms. The summed E-state index contributed by atoms with van der Waals surface area (Å²) in [7, 11) is 1.64. The Bertz CT molecular complexity index is 669. The Morgan fingerprint density at radius 2 is 1.90 bits per heavy atom. The van der Waals surface area contributed by atoms with Crippen molar-refractivity contribution in [2.45, 2.75) is 20.4 Å². The number of anilines is 1. The third kappa shape index (κ3) is 3.31. The van der Waals surface area contributed by atoms with E-state index in [1.165, 1.54) is 0 Å². The highest BCUT2D eigenvalue weighted by molar-refractivity contribution is 5.59. The predicted octanol–water partition coefficient (Wildman–Crippen LogP) is 3.83. The van der Waals surface area contributed by atoms with E-state index in [0.717, 1.165) is 22.6 Å². The number of nitrogens with one attached hydrogen (secondary N) is 1. The van der Waals surface area contributed by atoms with Crippen molar-refractivity contribution in [2.75, 3.05) is 12.4 Å². The lowest BCUT2D eigenvalue weighted by atomic mass is 10.1. The quantitative estimate of drug-likeness (QED) is 0.670. The van der Waals surface area contributed by atoms with Gasteiger partial charge in [-0.25, -0.2) is 0 Å². The van der Waals surface area contributed by atoms with Gasteiger partial charge in [-0.15, -0.1) is 0 Å². The maximum Gasteiger partial charge on any atom is 0.272 e. The van der Waals surface area contributed by atoms with Crippen LogP contribution in [0.4, 0.5) is 11.4 Å². The minimum Gasteiger partial charge on any atom is -0.496 e. The summed E-state index contributed by atoms with van der Waals surface area (Å²) in [5, 5.41) is 14.2. The normalized spacial score (nSPS) is 10.2. The van der Waals surface area contributed by atoms with E-state index in [2.05, 4.69) is 5.32 Å². The number of hydrogen-bond donors (Lipinski definition) is 1. The van der Waals surface area contributed by atoms with E-state index in [1.54, 1.807) is 20.1 Å². The number of aryl methyl sites for hydroxylation is 2. The summed E-state index contributed by atoms with van der Waals surface area (Å²) in [6.45, 7) is 4.20. The Balaban J connectivity index is 2.21. The van der Waals surface area contributed by atoms with Gasteiger partial charge in [-0.1, -0.05) is 18.2 Å². The molecule has 0 aliphatic carbocycles. The molecule has 2 aromatic rings. The smallest absolute Gasteiger partial charge is 0.272 e. The first kappa shape index (κ1) is 14.8. The number of hydrogen-bond acceptors (Lipinski definition) is 4. The molecule has 1 N–H and O–H groups in total. The zero-order valence-electron chi connectivity index (χ0n) is 12.3. The van der Waals surface area contributed by atoms with E-state index in [-0.39, 0.29) is 10.6 Å². The standard InChI is InChI=1S/C16H18N2O3/c1-11-9-15(18(19)20)12(2)8-14(11)17-10-13-6-4-5-7-16(13)21-3/h4-9,17H,10H2,1-3H3. The molecule has 0 aliphatic heterocycles. The fraction of sp³-hybridized carbons (Fsp3) is 0.250. The Morgan fingerprint density at radius 1 is 1.19 bits per heavy atom. The first-order chi connectivity index (χ1) is 10.0. The van der Waals surface area contributed by atoms with Crippen LogP contribution in [0.15, 0.2) is 36.4 Å². The second kappa shape index (κ2) is 6.26. The zero-order valence-corrected chi connectivity index (χ0v) is 12.3. The van der Waals surface area contributed by atoms with Crippen molar-refractivity contribution < 1.29 is 9.66 Å². The molecule has 0 atom stereocenters. The summed E-state index contributed by atoms with van der Waals surface area (Å²) < 4.78 is 5.31. The van der Waals surface area contributed by atoms with Gasteiger partial charge in [0.05, 0.1) is 12.0 Å². The van der Waals surface area contributed by atoms with Crippen LogP contribution in [0.25, 0.3) is 0 Å². The number of methoxy groups -OCH3 is 1. The van der Waals surface area contributed by atoms with Crippen LogP contribution < -0.4 is 10.1 Å². The van der Waals surface area contributed by atoms with Gasteiger partial charge in [-0.3, -0.25) is 10.1 Å². The minimum absolute atomic E-state index is 0.148. The fourth-order valence-corrected chi connectivity index (χ4v) is 2.23. The Morgan fingerprint density at radius 3 is 2.57 bits per heavy atom. The van der Waals surface area contributed by atoms with Crippen molar-refractivity contribution in [3.05, 3.63) is 63.2 Å². The van der Waals surface area contributed by atoms with E-state index in [1.807, 2.05) is 37.3 Å². The van der Waals surface area contributed by atoms with Crippen molar-refractivity contribution in [3.63, 3.8) is 0 Å². The highest BCUT2D eigenvalue weighted by atomic mass is 16.6. The van der Waals surface area contributed by atoms with Crippen LogP contribution in [0.3, 0.4) is 0 Å². The van der Waals surface area contributed by atoms with Crippen molar-refractivity contribution in [1.29, 1.82) is 0 Å². The van der Waals surface area contributed by atoms with Gasteiger partial charge in [0.25, 0.3) is 5.69 Å². The van der Waals surface area contributed by atoms with Crippen molar-refractivity contribution in [2.24, 2.45) is 0 Å². The fourth-order valence-electron chi connectivity index (χ4n) is 2.23. The predicted molar refractivity (Wildman–Crippen MR) is 82.9 cm³/mol. The molecule has 0 bridgehead atoms. The third-order valence-corrected chi connectivity index (χ3v) is 3.40. The molecule has 0 heterocycles. The summed E-state index contributed by atoms with van der Waals surface area (Å²) in [6, 6.07) is 11.2. The Kier molecular flexibility index (Phi) is 4.42. The average Bonchev–Trinajstić information content (AvgIpc) is 2.47. The maximum atomic E-state index is 10.9. The maximum absolute atomic E-state index is 10.9. The summed E-state index contributed by atoms with van der Waals surface area (Å²) in [4.78, 5) is 10.6. The minimum atomic E-state index is -0.355. The number of nitrogens with zero attached hydrogens (tertiary/aromatic N) is 1. The SMILES string of the molecule is COc1ccccc1CNc1cc(C)c([N+](=O)[O-])cc1C. The molecule has 21 heavy (non-hydrogen) atoms. The van der Waals surface area contributed by atoms with E-state index < -0.39 is 0 Å². The van der Waals surface area contributed by atoms with Crippen LogP contribution in [-0.2, 0) is 6.54 Å². The van der Waals surface area contributed by atoms with Gasteiger partial charge >= 0.3 is 0 Å². The lowest BCUT2D eigenvalue weighted by Gasteiger charge is -2.13. The highest BCUT2D eigenvalue weighted by Crippen LogP contribution is 2.27. The number of rotatable bonds is 5. The molecule has 5 nitrogen and oxygen atoms in total. The van der Waals surface area contributed by atoms with E-state index in [0.29, 0.717) is 12.1 Å². The molecule has 0 radical (unpaired) electrons. The summed E-state index contributed by atoms with van der Waals surface area (Å²) in [5.74, 6) is 0.821. The van der Waals surface area contributed by atoms with Crippen LogP contribution in [0.1, 0.15) is 16.7 Å². The summed E-state index contributed by atoms with van der Waals surface area (Å²) in [6.07, 6.45) is 0. The van der Waals surface area contributed by atoms with Crippen LogP contribution in [0.5, 0.6) is 5.75 Å². The van der Waals surface area contributed by atoms with E-state index in [9.17, 15) is 10.1 Å². The van der Waals surface area contributed by atoms with Crippen LogP contribution in [0, 0.1) is 24.0 Å². The third-order valence-electron chi connectivity index (χ3n) is 3.40. The monoisotopic (exact) mass is 286 g/mol. The first-order valence-corrected chi connectivity index (χ1v) is 6.64. The van der Waals surface area contributed by atoms with Gasteiger partial charge in [-0.2, -0.15) is 0 Å².